The molecule has 1 heterocycles. The summed E-state index contributed by atoms with van der Waals surface area (Å²) in [5.74, 6) is -0.359. The van der Waals surface area contributed by atoms with Crippen LogP contribution in [0.15, 0.2) is 23.6 Å². The molecule has 0 saturated heterocycles. The van der Waals surface area contributed by atoms with Crippen LogP contribution in [0.2, 0.25) is 5.02 Å². The molecule has 0 aromatic carbocycles. The highest BCUT2D eigenvalue weighted by Gasteiger charge is 2.07. The van der Waals surface area contributed by atoms with E-state index in [2.05, 4.69) is 17.0 Å². The van der Waals surface area contributed by atoms with E-state index in [0.717, 1.165) is 0 Å². The van der Waals surface area contributed by atoms with Gasteiger partial charge in [0, 0.05) is 13.0 Å². The lowest BCUT2D eigenvalue weighted by atomic mass is 10.3. The third kappa shape index (κ3) is 3.89. The van der Waals surface area contributed by atoms with Crippen LogP contribution in [0.5, 0.6) is 0 Å². The van der Waals surface area contributed by atoms with E-state index in [1.165, 1.54) is 10.9 Å². The minimum absolute atomic E-state index is 0.0749. The molecule has 98 valence electrons. The molecule has 18 heavy (non-hydrogen) atoms. The standard InChI is InChI=1S/C11H15ClN4O2/c1-2-6-16-11(18)10(12)8(7-15-16)14-5-3-4-9(13)17/h2,7,14H,1,3-6H2,(H2,13,17). The Morgan fingerprint density at radius 3 is 3.00 bits per heavy atom. The van der Waals surface area contributed by atoms with Crippen molar-refractivity contribution in [2.75, 3.05) is 11.9 Å². The Bertz CT molecular complexity index is 498. The van der Waals surface area contributed by atoms with Crippen LogP contribution in [0.3, 0.4) is 0 Å². The second kappa shape index (κ2) is 6.80. The Labute approximate surface area is 109 Å². The Morgan fingerprint density at radius 1 is 1.67 bits per heavy atom. The fourth-order valence-corrected chi connectivity index (χ4v) is 1.54. The van der Waals surface area contributed by atoms with Crippen LogP contribution < -0.4 is 16.6 Å². The van der Waals surface area contributed by atoms with Gasteiger partial charge in [0.15, 0.2) is 0 Å². The summed E-state index contributed by atoms with van der Waals surface area (Å²) in [7, 11) is 0. The van der Waals surface area contributed by atoms with Gasteiger partial charge in [0.2, 0.25) is 5.91 Å². The highest BCUT2D eigenvalue weighted by atomic mass is 35.5. The first-order chi connectivity index (χ1) is 8.56. The fourth-order valence-electron chi connectivity index (χ4n) is 1.33. The Kier molecular flexibility index (Phi) is 5.38. The number of nitrogens with zero attached hydrogens (tertiary/aromatic N) is 2. The number of hydrogen-bond donors (Lipinski definition) is 2. The van der Waals surface area contributed by atoms with Gasteiger partial charge in [0.25, 0.3) is 5.56 Å². The van der Waals surface area contributed by atoms with E-state index >= 15 is 0 Å². The van der Waals surface area contributed by atoms with Crippen LogP contribution in [0.25, 0.3) is 0 Å². The zero-order chi connectivity index (χ0) is 13.5. The van der Waals surface area contributed by atoms with Crippen molar-refractivity contribution in [1.82, 2.24) is 9.78 Å². The van der Waals surface area contributed by atoms with Gasteiger partial charge in [-0.15, -0.1) is 6.58 Å². The molecule has 0 atom stereocenters. The summed E-state index contributed by atoms with van der Waals surface area (Å²) < 4.78 is 1.21. The molecule has 0 aliphatic carbocycles. The second-order valence-electron chi connectivity index (χ2n) is 3.64. The van der Waals surface area contributed by atoms with Crippen LogP contribution in [-0.4, -0.2) is 22.2 Å². The summed E-state index contributed by atoms with van der Waals surface area (Å²) in [5, 5.41) is 6.95. The zero-order valence-corrected chi connectivity index (χ0v) is 10.6. The molecule has 0 aliphatic heterocycles. The third-order valence-corrected chi connectivity index (χ3v) is 2.57. The highest BCUT2D eigenvalue weighted by Crippen LogP contribution is 2.15. The Balaban J connectivity index is 2.67. The molecule has 6 nitrogen and oxygen atoms in total. The van der Waals surface area contributed by atoms with Gasteiger partial charge in [-0.2, -0.15) is 5.10 Å². The number of hydrogen-bond acceptors (Lipinski definition) is 4. The lowest BCUT2D eigenvalue weighted by Gasteiger charge is -2.08. The van der Waals surface area contributed by atoms with Crippen molar-refractivity contribution in [3.05, 3.63) is 34.2 Å². The molecule has 0 saturated carbocycles. The van der Waals surface area contributed by atoms with Gasteiger partial charge in [-0.25, -0.2) is 4.68 Å². The van der Waals surface area contributed by atoms with E-state index in [4.69, 9.17) is 17.3 Å². The van der Waals surface area contributed by atoms with Crippen LogP contribution in [-0.2, 0) is 11.3 Å². The average molecular weight is 271 g/mol. The number of primary amides is 1. The summed E-state index contributed by atoms with van der Waals surface area (Å²) in [5.41, 5.74) is 5.08. The minimum Gasteiger partial charge on any atom is -0.382 e. The van der Waals surface area contributed by atoms with E-state index in [1.54, 1.807) is 6.08 Å². The van der Waals surface area contributed by atoms with Crippen molar-refractivity contribution in [1.29, 1.82) is 0 Å². The molecule has 0 aliphatic rings. The van der Waals surface area contributed by atoms with Gasteiger partial charge in [-0.3, -0.25) is 9.59 Å². The van der Waals surface area contributed by atoms with Crippen LogP contribution in [0.1, 0.15) is 12.8 Å². The number of carbonyl (C=O) groups is 1. The summed E-state index contributed by atoms with van der Waals surface area (Å²) in [6, 6.07) is 0. The molecule has 0 fully saturated rings. The van der Waals surface area contributed by atoms with Crippen molar-refractivity contribution in [2.45, 2.75) is 19.4 Å². The van der Waals surface area contributed by atoms with Crippen LogP contribution >= 0.6 is 11.6 Å². The molecule has 3 N–H and O–H groups in total. The van der Waals surface area contributed by atoms with E-state index in [0.29, 0.717) is 25.2 Å². The van der Waals surface area contributed by atoms with Crippen molar-refractivity contribution in [2.24, 2.45) is 5.73 Å². The first-order valence-corrected chi connectivity index (χ1v) is 5.82. The fraction of sp³-hybridized carbons (Fsp3) is 0.364. The molecule has 1 aromatic rings. The lowest BCUT2D eigenvalue weighted by Crippen LogP contribution is -2.24. The molecule has 0 unspecified atom stereocenters. The number of rotatable bonds is 7. The normalized spacial score (nSPS) is 10.1. The number of amides is 1. The first-order valence-electron chi connectivity index (χ1n) is 5.45. The molecule has 0 spiro atoms. The quantitative estimate of drug-likeness (QED) is 0.565. The number of nitrogens with one attached hydrogen (secondary N) is 1. The van der Waals surface area contributed by atoms with Crippen LogP contribution in [0.4, 0.5) is 5.69 Å². The van der Waals surface area contributed by atoms with E-state index in [1.807, 2.05) is 0 Å². The third-order valence-electron chi connectivity index (χ3n) is 2.20. The molecule has 0 radical (unpaired) electrons. The Hall–Kier alpha value is -1.82. The maximum absolute atomic E-state index is 11.7. The monoisotopic (exact) mass is 270 g/mol. The summed E-state index contributed by atoms with van der Waals surface area (Å²) in [4.78, 5) is 22.3. The number of aromatic nitrogens is 2. The Morgan fingerprint density at radius 2 is 2.39 bits per heavy atom. The maximum atomic E-state index is 11.7. The second-order valence-corrected chi connectivity index (χ2v) is 4.02. The van der Waals surface area contributed by atoms with Gasteiger partial charge in [-0.05, 0) is 6.42 Å². The number of anilines is 1. The topological polar surface area (TPSA) is 90.0 Å². The van der Waals surface area contributed by atoms with E-state index in [9.17, 15) is 9.59 Å². The van der Waals surface area contributed by atoms with Gasteiger partial charge in [0.1, 0.15) is 5.02 Å². The van der Waals surface area contributed by atoms with E-state index in [-0.39, 0.29) is 22.9 Å². The summed E-state index contributed by atoms with van der Waals surface area (Å²) in [6.07, 6.45) is 3.88. The predicted octanol–water partition coefficient (Wildman–Crippen LogP) is 0.760. The molecule has 1 rings (SSSR count). The molecular weight excluding hydrogens is 256 g/mol. The van der Waals surface area contributed by atoms with Crippen molar-refractivity contribution in [3.8, 4) is 0 Å². The van der Waals surface area contributed by atoms with Crippen molar-refractivity contribution >= 4 is 23.2 Å². The molecular formula is C11H15ClN4O2. The predicted molar refractivity (Wildman–Crippen MR) is 70.6 cm³/mol. The number of nitrogens with two attached hydrogens (primary N) is 1. The first kappa shape index (κ1) is 14.2. The number of carbonyl (C=O) groups excluding carboxylic acids is 1. The number of allylic oxidation sites excluding steroid dienone is 1. The molecule has 0 bridgehead atoms. The smallest absolute Gasteiger partial charge is 0.287 e. The van der Waals surface area contributed by atoms with E-state index < -0.39 is 0 Å². The van der Waals surface area contributed by atoms with Crippen molar-refractivity contribution in [3.63, 3.8) is 0 Å². The van der Waals surface area contributed by atoms with Gasteiger partial charge in [0.05, 0.1) is 18.4 Å². The summed E-state index contributed by atoms with van der Waals surface area (Å²) in [6.45, 7) is 4.33. The van der Waals surface area contributed by atoms with Crippen molar-refractivity contribution < 1.29 is 4.79 Å². The lowest BCUT2D eigenvalue weighted by molar-refractivity contribution is -0.118. The van der Waals surface area contributed by atoms with Crippen LogP contribution in [0, 0.1) is 0 Å². The summed E-state index contributed by atoms with van der Waals surface area (Å²) >= 11 is 5.91. The average Bonchev–Trinajstić information content (AvgIpc) is 2.33. The zero-order valence-electron chi connectivity index (χ0n) is 9.86. The largest absolute Gasteiger partial charge is 0.382 e. The molecule has 1 aromatic heterocycles. The maximum Gasteiger partial charge on any atom is 0.287 e. The minimum atomic E-state index is -0.378. The van der Waals surface area contributed by atoms with Gasteiger partial charge < -0.3 is 11.1 Å². The SMILES string of the molecule is C=CCn1ncc(NCCCC(N)=O)c(Cl)c1=O. The molecule has 7 heteroatoms. The highest BCUT2D eigenvalue weighted by molar-refractivity contribution is 6.32. The van der Waals surface area contributed by atoms with Gasteiger partial charge >= 0.3 is 0 Å². The van der Waals surface area contributed by atoms with Gasteiger partial charge in [-0.1, -0.05) is 17.7 Å². The number of halogens is 1. The molecule has 1 amide bonds.